The molecule has 6 heteroatoms. The highest BCUT2D eigenvalue weighted by molar-refractivity contribution is 5.71. The van der Waals surface area contributed by atoms with Crippen molar-refractivity contribution in [3.05, 3.63) is 24.3 Å². The zero-order valence-electron chi connectivity index (χ0n) is 43.1. The predicted octanol–water partition coefficient (Wildman–Crippen LogP) is 18.7. The van der Waals surface area contributed by atoms with Crippen LogP contribution in [0.4, 0.5) is 0 Å². The number of rotatable bonds is 52. The third-order valence-electron chi connectivity index (χ3n) is 12.7. The summed E-state index contributed by atoms with van der Waals surface area (Å²) >= 11 is 0. The van der Waals surface area contributed by atoms with E-state index in [1.165, 1.54) is 212 Å². The standard InChI is InChI=1S/C58H108O6/c1-4-7-10-13-16-19-22-25-28-29-31-33-36-39-42-45-48-51-57(60)63-54-55(53-62-56(59)50-47-44-41-38-35-32-27-24-21-18-15-12-9-6-3)64-58(61)52-49-46-43-40-37-34-30-26-23-20-17-14-11-8-5-2/h20,23,25,28,55H,4-19,21-22,24,26-27,29-54H2,1-3H3/b23-20-,28-25-. The fourth-order valence-electron chi connectivity index (χ4n) is 8.37. The highest BCUT2D eigenvalue weighted by atomic mass is 16.6. The summed E-state index contributed by atoms with van der Waals surface area (Å²) < 4.78 is 16.9. The van der Waals surface area contributed by atoms with E-state index >= 15 is 0 Å². The third kappa shape index (κ3) is 50.9. The minimum absolute atomic E-state index is 0.0700. The van der Waals surface area contributed by atoms with Crippen molar-refractivity contribution < 1.29 is 28.6 Å². The lowest BCUT2D eigenvalue weighted by Gasteiger charge is -2.18. The summed E-state index contributed by atoms with van der Waals surface area (Å²) in [6.45, 7) is 6.66. The number of hydrogen-bond donors (Lipinski definition) is 0. The molecule has 0 aliphatic carbocycles. The van der Waals surface area contributed by atoms with E-state index < -0.39 is 6.10 Å². The Hall–Kier alpha value is -2.11. The second-order valence-corrected chi connectivity index (χ2v) is 19.2. The van der Waals surface area contributed by atoms with Crippen molar-refractivity contribution in [3.8, 4) is 0 Å². The molecule has 64 heavy (non-hydrogen) atoms. The van der Waals surface area contributed by atoms with Crippen LogP contribution in [-0.4, -0.2) is 37.2 Å². The summed E-state index contributed by atoms with van der Waals surface area (Å²) in [5, 5.41) is 0. The fraction of sp³-hybridized carbons (Fsp3) is 0.879. The van der Waals surface area contributed by atoms with Crippen LogP contribution in [0.15, 0.2) is 24.3 Å². The first-order valence-corrected chi connectivity index (χ1v) is 28.3. The molecule has 6 nitrogen and oxygen atoms in total. The maximum absolute atomic E-state index is 12.8. The number of ether oxygens (including phenoxy) is 3. The number of carbonyl (C=O) groups is 3. The summed E-state index contributed by atoms with van der Waals surface area (Å²) in [6.07, 6.45) is 61.6. The average Bonchev–Trinajstić information content (AvgIpc) is 3.29. The zero-order valence-corrected chi connectivity index (χ0v) is 43.1. The summed E-state index contributed by atoms with van der Waals surface area (Å²) in [5.74, 6) is -0.861. The quantitative estimate of drug-likeness (QED) is 0.0262. The smallest absolute Gasteiger partial charge is 0.306 e. The van der Waals surface area contributed by atoms with E-state index in [1.807, 2.05) is 0 Å². The molecule has 1 unspecified atom stereocenters. The molecule has 0 aliphatic heterocycles. The van der Waals surface area contributed by atoms with E-state index in [1.54, 1.807) is 0 Å². The fourth-order valence-corrected chi connectivity index (χ4v) is 8.37. The molecule has 0 fully saturated rings. The zero-order chi connectivity index (χ0) is 46.5. The van der Waals surface area contributed by atoms with E-state index in [4.69, 9.17) is 14.2 Å². The molecular weight excluding hydrogens is 793 g/mol. The Morgan fingerprint density at radius 2 is 0.516 bits per heavy atom. The van der Waals surface area contributed by atoms with E-state index in [0.29, 0.717) is 19.3 Å². The molecule has 1 atom stereocenters. The van der Waals surface area contributed by atoms with Crippen LogP contribution in [0.1, 0.15) is 310 Å². The first-order valence-electron chi connectivity index (χ1n) is 28.3. The van der Waals surface area contributed by atoms with Crippen molar-refractivity contribution in [1.29, 1.82) is 0 Å². The molecule has 0 radical (unpaired) electrons. The van der Waals surface area contributed by atoms with Gasteiger partial charge in [0.05, 0.1) is 0 Å². The number of allylic oxidation sites excluding steroid dienone is 4. The topological polar surface area (TPSA) is 78.9 Å². The Kier molecular flexibility index (Phi) is 51.7. The molecule has 0 aliphatic rings. The summed E-state index contributed by atoms with van der Waals surface area (Å²) in [6, 6.07) is 0. The molecule has 0 saturated heterocycles. The van der Waals surface area contributed by atoms with Gasteiger partial charge in [0.25, 0.3) is 0 Å². The van der Waals surface area contributed by atoms with Crippen molar-refractivity contribution in [2.24, 2.45) is 0 Å². The maximum Gasteiger partial charge on any atom is 0.306 e. The van der Waals surface area contributed by atoms with Gasteiger partial charge in [-0.1, -0.05) is 244 Å². The van der Waals surface area contributed by atoms with Crippen LogP contribution < -0.4 is 0 Å². The predicted molar refractivity (Wildman–Crippen MR) is 275 cm³/mol. The van der Waals surface area contributed by atoms with Gasteiger partial charge >= 0.3 is 17.9 Å². The second kappa shape index (κ2) is 53.5. The Morgan fingerprint density at radius 1 is 0.297 bits per heavy atom. The second-order valence-electron chi connectivity index (χ2n) is 19.2. The van der Waals surface area contributed by atoms with Crippen molar-refractivity contribution >= 4 is 17.9 Å². The maximum atomic E-state index is 12.8. The van der Waals surface area contributed by atoms with E-state index in [0.717, 1.165) is 57.8 Å². The van der Waals surface area contributed by atoms with Crippen LogP contribution >= 0.6 is 0 Å². The Morgan fingerprint density at radius 3 is 0.797 bits per heavy atom. The molecule has 0 heterocycles. The molecule has 0 N–H and O–H groups in total. The van der Waals surface area contributed by atoms with Gasteiger partial charge in [0.1, 0.15) is 13.2 Å². The molecule has 0 aromatic carbocycles. The normalized spacial score (nSPS) is 12.1. The summed E-state index contributed by atoms with van der Waals surface area (Å²) in [5.41, 5.74) is 0. The molecule has 0 rings (SSSR count). The lowest BCUT2D eigenvalue weighted by molar-refractivity contribution is -0.167. The molecule has 0 amide bonds. The van der Waals surface area contributed by atoms with Crippen molar-refractivity contribution in [2.45, 2.75) is 316 Å². The van der Waals surface area contributed by atoms with Gasteiger partial charge in [-0.3, -0.25) is 14.4 Å². The van der Waals surface area contributed by atoms with Crippen molar-refractivity contribution in [1.82, 2.24) is 0 Å². The largest absolute Gasteiger partial charge is 0.462 e. The Bertz CT molecular complexity index is 1040. The first kappa shape index (κ1) is 61.9. The Balaban J connectivity index is 4.34. The van der Waals surface area contributed by atoms with Gasteiger partial charge in [0.2, 0.25) is 0 Å². The molecular formula is C58H108O6. The lowest BCUT2D eigenvalue weighted by Crippen LogP contribution is -2.30. The minimum Gasteiger partial charge on any atom is -0.462 e. The van der Waals surface area contributed by atoms with E-state index in [-0.39, 0.29) is 31.1 Å². The molecule has 0 bridgehead atoms. The molecule has 0 aromatic heterocycles. The van der Waals surface area contributed by atoms with Crippen LogP contribution in [0.25, 0.3) is 0 Å². The van der Waals surface area contributed by atoms with Crippen LogP contribution in [0.2, 0.25) is 0 Å². The van der Waals surface area contributed by atoms with Crippen LogP contribution in [-0.2, 0) is 28.6 Å². The Labute approximate surface area is 398 Å². The summed E-state index contributed by atoms with van der Waals surface area (Å²) in [4.78, 5) is 38.1. The first-order chi connectivity index (χ1) is 31.5. The highest BCUT2D eigenvalue weighted by Gasteiger charge is 2.19. The van der Waals surface area contributed by atoms with Gasteiger partial charge in [0, 0.05) is 19.3 Å². The molecule has 0 saturated carbocycles. The molecule has 0 aromatic rings. The van der Waals surface area contributed by atoms with Crippen molar-refractivity contribution in [2.75, 3.05) is 13.2 Å². The van der Waals surface area contributed by atoms with Gasteiger partial charge in [0.15, 0.2) is 6.10 Å². The highest BCUT2D eigenvalue weighted by Crippen LogP contribution is 2.16. The van der Waals surface area contributed by atoms with Gasteiger partial charge in [-0.15, -0.1) is 0 Å². The lowest BCUT2D eigenvalue weighted by atomic mass is 10.0. The van der Waals surface area contributed by atoms with Crippen molar-refractivity contribution in [3.63, 3.8) is 0 Å². The number of unbranched alkanes of at least 4 members (excludes halogenated alkanes) is 37. The van der Waals surface area contributed by atoms with E-state index in [9.17, 15) is 14.4 Å². The molecule has 376 valence electrons. The van der Waals surface area contributed by atoms with Gasteiger partial charge in [-0.2, -0.15) is 0 Å². The minimum atomic E-state index is -0.771. The van der Waals surface area contributed by atoms with E-state index in [2.05, 4.69) is 45.1 Å². The van der Waals surface area contributed by atoms with Crippen LogP contribution in [0.3, 0.4) is 0 Å². The molecule has 0 spiro atoms. The number of hydrogen-bond acceptors (Lipinski definition) is 6. The summed E-state index contributed by atoms with van der Waals surface area (Å²) in [7, 11) is 0. The van der Waals surface area contributed by atoms with Gasteiger partial charge in [-0.25, -0.2) is 0 Å². The SMILES string of the molecule is CCCCCC/C=C\CCCCCCCCCC(=O)OC(COC(=O)CCCCCCCCC/C=C\CCCCCCCC)COC(=O)CCCCCCCCCCCCCCCC. The third-order valence-corrected chi connectivity index (χ3v) is 12.7. The number of carbonyl (C=O) groups excluding carboxylic acids is 3. The van der Waals surface area contributed by atoms with Gasteiger partial charge < -0.3 is 14.2 Å². The monoisotopic (exact) mass is 901 g/mol. The van der Waals surface area contributed by atoms with Crippen LogP contribution in [0, 0.1) is 0 Å². The van der Waals surface area contributed by atoms with Gasteiger partial charge in [-0.05, 0) is 70.6 Å². The van der Waals surface area contributed by atoms with Crippen LogP contribution in [0.5, 0.6) is 0 Å². The average molecular weight is 901 g/mol. The number of esters is 3.